The fourth-order valence-electron chi connectivity index (χ4n) is 3.12. The van der Waals surface area contributed by atoms with Gasteiger partial charge in [-0.3, -0.25) is 14.7 Å². The van der Waals surface area contributed by atoms with Gasteiger partial charge in [0.05, 0.1) is 38.1 Å². The van der Waals surface area contributed by atoms with E-state index in [0.717, 1.165) is 52.4 Å². The number of rotatable bonds is 9. The van der Waals surface area contributed by atoms with Crippen LogP contribution in [0.1, 0.15) is 0 Å². The van der Waals surface area contributed by atoms with Gasteiger partial charge in [0.15, 0.2) is 0 Å². The Balaban J connectivity index is 0.000000289. The molecule has 0 bridgehead atoms. The number of β-amino-alcohol motifs (C(OH)–C–C–N with tert-alkyl or cyclic N) is 3. The van der Waals surface area contributed by atoms with Crippen molar-refractivity contribution in [3.8, 4) is 0 Å². The van der Waals surface area contributed by atoms with Gasteiger partial charge in [-0.2, -0.15) is 0 Å². The lowest BCUT2D eigenvalue weighted by molar-refractivity contribution is 0.0182. The van der Waals surface area contributed by atoms with Gasteiger partial charge in [-0.25, -0.2) is 0 Å². The molecule has 2 rings (SSSR count). The topological polar surface area (TPSA) is 143 Å². The summed E-state index contributed by atoms with van der Waals surface area (Å²) in [6.07, 6.45) is -1.92. The van der Waals surface area contributed by atoms with Crippen molar-refractivity contribution in [1.29, 1.82) is 0 Å². The molecule has 10 heteroatoms. The SMILES string of the molecule is OCC(O)CN1CCN(CC(O)CO)CC1.OCC(O)CN1CCNCC1. The van der Waals surface area contributed by atoms with E-state index in [1.54, 1.807) is 0 Å². The lowest BCUT2D eigenvalue weighted by Gasteiger charge is -2.36. The van der Waals surface area contributed by atoms with Crippen LogP contribution >= 0.6 is 0 Å². The number of nitrogens with zero attached hydrogens (tertiary/aromatic N) is 3. The van der Waals surface area contributed by atoms with Crippen LogP contribution in [-0.2, 0) is 0 Å². The third kappa shape index (κ3) is 11.3. The number of aliphatic hydroxyl groups excluding tert-OH is 6. The van der Waals surface area contributed by atoms with E-state index in [1.165, 1.54) is 0 Å². The van der Waals surface area contributed by atoms with Crippen LogP contribution in [0.5, 0.6) is 0 Å². The van der Waals surface area contributed by atoms with E-state index in [9.17, 15) is 10.2 Å². The van der Waals surface area contributed by atoms with E-state index < -0.39 is 18.3 Å². The molecule has 2 fully saturated rings. The quantitative estimate of drug-likeness (QED) is 0.205. The average Bonchev–Trinajstić information content (AvgIpc) is 2.70. The number of piperazine rings is 2. The van der Waals surface area contributed by atoms with E-state index in [2.05, 4.69) is 20.0 Å². The zero-order valence-electron chi connectivity index (χ0n) is 16.2. The molecule has 0 radical (unpaired) electrons. The maximum atomic E-state index is 9.28. The van der Waals surface area contributed by atoms with Gasteiger partial charge in [0.1, 0.15) is 0 Å². The molecule has 2 saturated heterocycles. The molecular weight excluding hydrogens is 356 g/mol. The van der Waals surface area contributed by atoms with E-state index in [4.69, 9.17) is 20.4 Å². The molecule has 27 heavy (non-hydrogen) atoms. The molecule has 162 valence electrons. The van der Waals surface area contributed by atoms with Crippen molar-refractivity contribution in [2.75, 3.05) is 91.8 Å². The molecule has 2 aliphatic rings. The van der Waals surface area contributed by atoms with E-state index >= 15 is 0 Å². The van der Waals surface area contributed by atoms with Gasteiger partial charge in [-0.1, -0.05) is 0 Å². The molecule has 2 aliphatic heterocycles. The van der Waals surface area contributed by atoms with Crippen LogP contribution in [0, 0.1) is 0 Å². The van der Waals surface area contributed by atoms with Gasteiger partial charge in [-0.15, -0.1) is 0 Å². The Kier molecular flexibility index (Phi) is 13.3. The summed E-state index contributed by atoms with van der Waals surface area (Å²) in [4.78, 5) is 6.32. The summed E-state index contributed by atoms with van der Waals surface area (Å²) in [5, 5.41) is 56.9. The summed E-state index contributed by atoms with van der Waals surface area (Å²) >= 11 is 0. The van der Waals surface area contributed by atoms with E-state index in [0.29, 0.717) is 19.6 Å². The Bertz CT molecular complexity index is 334. The molecule has 0 aliphatic carbocycles. The number of hydrogen-bond acceptors (Lipinski definition) is 10. The second-order valence-corrected chi connectivity index (χ2v) is 7.16. The molecule has 0 amide bonds. The highest BCUT2D eigenvalue weighted by Crippen LogP contribution is 2.03. The van der Waals surface area contributed by atoms with E-state index in [1.807, 2.05) is 0 Å². The molecule has 10 nitrogen and oxygen atoms in total. The molecule has 2 heterocycles. The Hall–Kier alpha value is -0.400. The van der Waals surface area contributed by atoms with Crippen molar-refractivity contribution in [3.63, 3.8) is 0 Å². The smallest absolute Gasteiger partial charge is 0.0897 e. The molecule has 7 N–H and O–H groups in total. The maximum absolute atomic E-state index is 9.28. The second-order valence-electron chi connectivity index (χ2n) is 7.16. The molecule has 0 aromatic heterocycles. The summed E-state index contributed by atoms with van der Waals surface area (Å²) in [5.41, 5.74) is 0. The fraction of sp³-hybridized carbons (Fsp3) is 1.00. The zero-order chi connectivity index (χ0) is 20.1. The standard InChI is InChI=1S/C10H22N2O4.C7H16N2O2/c13-7-9(15)5-11-1-2-12(4-3-11)6-10(16)8-14;10-6-7(11)5-9-3-1-8-2-4-9/h9-10,13-16H,1-8H2;7-8,10-11H,1-6H2. The van der Waals surface area contributed by atoms with Crippen molar-refractivity contribution in [1.82, 2.24) is 20.0 Å². The third-order valence-corrected chi connectivity index (χ3v) is 4.71. The summed E-state index contributed by atoms with van der Waals surface area (Å²) in [6, 6.07) is 0. The van der Waals surface area contributed by atoms with Gasteiger partial charge >= 0.3 is 0 Å². The highest BCUT2D eigenvalue weighted by atomic mass is 16.3. The lowest BCUT2D eigenvalue weighted by atomic mass is 10.2. The minimum absolute atomic E-state index is 0.135. The van der Waals surface area contributed by atoms with Crippen molar-refractivity contribution < 1.29 is 30.6 Å². The van der Waals surface area contributed by atoms with Crippen LogP contribution < -0.4 is 5.32 Å². The highest BCUT2D eigenvalue weighted by molar-refractivity contribution is 4.75. The monoisotopic (exact) mass is 394 g/mol. The predicted octanol–water partition coefficient (Wildman–Crippen LogP) is -4.44. The van der Waals surface area contributed by atoms with E-state index in [-0.39, 0.29) is 19.8 Å². The van der Waals surface area contributed by atoms with Crippen LogP contribution in [0.2, 0.25) is 0 Å². The number of hydrogen-bond donors (Lipinski definition) is 7. The van der Waals surface area contributed by atoms with Crippen LogP contribution in [0.15, 0.2) is 0 Å². The fourth-order valence-corrected chi connectivity index (χ4v) is 3.12. The zero-order valence-corrected chi connectivity index (χ0v) is 16.2. The molecule has 0 aromatic carbocycles. The molecule has 0 saturated carbocycles. The first-order valence-electron chi connectivity index (χ1n) is 9.73. The van der Waals surface area contributed by atoms with Gasteiger partial charge < -0.3 is 36.0 Å². The lowest BCUT2D eigenvalue weighted by Crippen LogP contribution is -2.50. The third-order valence-electron chi connectivity index (χ3n) is 4.71. The predicted molar refractivity (Wildman–Crippen MR) is 101 cm³/mol. The molecule has 3 unspecified atom stereocenters. The van der Waals surface area contributed by atoms with Crippen molar-refractivity contribution in [2.45, 2.75) is 18.3 Å². The van der Waals surface area contributed by atoms with Crippen LogP contribution in [0.25, 0.3) is 0 Å². The Morgan fingerprint density at radius 2 is 0.852 bits per heavy atom. The molecule has 0 aromatic rings. The summed E-state index contributed by atoms with van der Waals surface area (Å²) in [7, 11) is 0. The molecule has 3 atom stereocenters. The molecule has 0 spiro atoms. The first-order chi connectivity index (χ1) is 13.0. The van der Waals surface area contributed by atoms with Gasteiger partial charge in [0, 0.05) is 72.0 Å². The van der Waals surface area contributed by atoms with Crippen molar-refractivity contribution in [2.24, 2.45) is 0 Å². The first kappa shape index (κ1) is 24.6. The minimum atomic E-state index is -0.672. The van der Waals surface area contributed by atoms with Gasteiger partial charge in [-0.05, 0) is 0 Å². The summed E-state index contributed by atoms with van der Waals surface area (Å²) in [5.74, 6) is 0. The van der Waals surface area contributed by atoms with Crippen LogP contribution in [0.3, 0.4) is 0 Å². The van der Waals surface area contributed by atoms with Gasteiger partial charge in [0.25, 0.3) is 0 Å². The summed E-state index contributed by atoms with van der Waals surface area (Å²) < 4.78 is 0. The minimum Gasteiger partial charge on any atom is -0.394 e. The second kappa shape index (κ2) is 14.6. The first-order valence-corrected chi connectivity index (χ1v) is 9.73. The largest absolute Gasteiger partial charge is 0.394 e. The van der Waals surface area contributed by atoms with Crippen molar-refractivity contribution >= 4 is 0 Å². The Labute approximate surface area is 161 Å². The Morgan fingerprint density at radius 1 is 0.556 bits per heavy atom. The number of aliphatic hydroxyl groups is 6. The highest BCUT2D eigenvalue weighted by Gasteiger charge is 2.20. The normalized spacial score (nSPS) is 23.3. The van der Waals surface area contributed by atoms with Crippen LogP contribution in [0.4, 0.5) is 0 Å². The average molecular weight is 395 g/mol. The van der Waals surface area contributed by atoms with Crippen LogP contribution in [-0.4, -0.2) is 155 Å². The summed E-state index contributed by atoms with van der Waals surface area (Å²) in [6.45, 7) is 8.20. The van der Waals surface area contributed by atoms with Crippen molar-refractivity contribution in [3.05, 3.63) is 0 Å². The molecular formula is C17H38N4O6. The Morgan fingerprint density at radius 3 is 1.15 bits per heavy atom. The van der Waals surface area contributed by atoms with Gasteiger partial charge in [0.2, 0.25) is 0 Å². The maximum Gasteiger partial charge on any atom is 0.0897 e. The number of nitrogens with one attached hydrogen (secondary N) is 1.